The van der Waals surface area contributed by atoms with Gasteiger partial charge in [0, 0.05) is 7.05 Å². The Morgan fingerprint density at radius 1 is 1.24 bits per heavy atom. The quantitative estimate of drug-likeness (QED) is 0.659. The Balaban J connectivity index is 2.75. The minimum absolute atomic E-state index is 0.0250. The topological polar surface area (TPSA) is 82.5 Å². The maximum Gasteiger partial charge on any atom is 0.435 e. The smallest absolute Gasteiger partial charge is 0.435 e. The molecular formula is C13H13F8N3O4S. The van der Waals surface area contributed by atoms with E-state index in [2.05, 4.69) is 14.7 Å². The van der Waals surface area contributed by atoms with Crippen molar-refractivity contribution >= 4 is 9.84 Å². The Morgan fingerprint density at radius 3 is 2.21 bits per heavy atom. The van der Waals surface area contributed by atoms with Gasteiger partial charge in [0.25, 0.3) is 16.3 Å². The monoisotopic (exact) mass is 459 g/mol. The lowest BCUT2D eigenvalue weighted by Gasteiger charge is -2.20. The van der Waals surface area contributed by atoms with E-state index in [1.807, 2.05) is 0 Å². The van der Waals surface area contributed by atoms with Gasteiger partial charge < -0.3 is 4.74 Å². The Bertz CT molecular complexity index is 937. The average molecular weight is 459 g/mol. The molecule has 1 aromatic rings. The molecule has 2 heterocycles. The molecule has 0 bridgehead atoms. The van der Waals surface area contributed by atoms with Gasteiger partial charge >= 0.3 is 11.4 Å². The molecule has 0 amide bonds. The lowest BCUT2D eigenvalue weighted by atomic mass is 10.1. The first-order valence-electron chi connectivity index (χ1n) is 7.47. The zero-order valence-electron chi connectivity index (χ0n) is 14.7. The Kier molecular flexibility index (Phi) is 5.59. The van der Waals surface area contributed by atoms with Gasteiger partial charge in [0.05, 0.1) is 0 Å². The number of aryl methyl sites for hydroxylation is 1. The first-order valence-corrected chi connectivity index (χ1v) is 8.95. The van der Waals surface area contributed by atoms with Crippen LogP contribution in [0.3, 0.4) is 0 Å². The van der Waals surface area contributed by atoms with Crippen LogP contribution in [0.4, 0.5) is 35.1 Å². The molecule has 0 unspecified atom stereocenters. The highest BCUT2D eigenvalue weighted by atomic mass is 32.2. The van der Waals surface area contributed by atoms with Crippen LogP contribution in [-0.2, 0) is 33.2 Å². The number of nitrogens with zero attached hydrogens (tertiary/aromatic N) is 2. The summed E-state index contributed by atoms with van der Waals surface area (Å²) in [5.74, 6) is -3.31. The minimum Gasteiger partial charge on any atom is -0.471 e. The van der Waals surface area contributed by atoms with Crippen LogP contribution in [0.2, 0.25) is 0 Å². The number of alkyl halides is 7. The van der Waals surface area contributed by atoms with Gasteiger partial charge in [-0.05, 0) is 13.8 Å². The van der Waals surface area contributed by atoms with Crippen molar-refractivity contribution in [2.45, 2.75) is 37.3 Å². The lowest BCUT2D eigenvalue weighted by Crippen LogP contribution is -2.33. The minimum atomic E-state index is -6.23. The molecule has 0 saturated heterocycles. The summed E-state index contributed by atoms with van der Waals surface area (Å²) < 4.78 is 137. The van der Waals surface area contributed by atoms with E-state index in [1.165, 1.54) is 5.48 Å². The highest BCUT2D eigenvalue weighted by Crippen LogP contribution is 2.49. The number of aromatic nitrogens is 2. The summed E-state index contributed by atoms with van der Waals surface area (Å²) in [6.07, 6.45) is -8.91. The van der Waals surface area contributed by atoms with Crippen LogP contribution in [0.5, 0.6) is 5.88 Å². The maximum atomic E-state index is 14.9. The number of hydrogen-bond acceptors (Lipinski definition) is 6. The van der Waals surface area contributed by atoms with E-state index in [0.29, 0.717) is 7.05 Å². The number of hydrogen-bond donors (Lipinski definition) is 1. The van der Waals surface area contributed by atoms with Crippen LogP contribution in [0.25, 0.3) is 0 Å². The van der Waals surface area contributed by atoms with Crippen molar-refractivity contribution in [3.63, 3.8) is 0 Å². The van der Waals surface area contributed by atoms with Crippen LogP contribution in [0.1, 0.15) is 25.1 Å². The fourth-order valence-electron chi connectivity index (χ4n) is 2.25. The number of ether oxygens (including phenoxy) is 1. The van der Waals surface area contributed by atoms with E-state index in [1.54, 1.807) is 0 Å². The summed E-state index contributed by atoms with van der Waals surface area (Å²) in [4.78, 5) is 4.51. The van der Waals surface area contributed by atoms with Crippen molar-refractivity contribution in [1.29, 1.82) is 0 Å². The lowest BCUT2D eigenvalue weighted by molar-refractivity contribution is -0.143. The van der Waals surface area contributed by atoms with Crippen molar-refractivity contribution in [2.24, 2.45) is 7.05 Å². The second kappa shape index (κ2) is 7.00. The Labute approximate surface area is 158 Å². The van der Waals surface area contributed by atoms with E-state index < -0.39 is 67.9 Å². The molecule has 1 aliphatic heterocycles. The number of sulfone groups is 1. The third-order valence-electron chi connectivity index (χ3n) is 3.63. The van der Waals surface area contributed by atoms with Gasteiger partial charge in [0.1, 0.15) is 11.2 Å². The summed E-state index contributed by atoms with van der Waals surface area (Å²) in [6, 6.07) is 0. The fourth-order valence-corrected chi connectivity index (χ4v) is 3.59. The van der Waals surface area contributed by atoms with E-state index in [0.717, 1.165) is 13.8 Å². The molecular weight excluding hydrogens is 446 g/mol. The zero-order valence-corrected chi connectivity index (χ0v) is 15.6. The van der Waals surface area contributed by atoms with Crippen molar-refractivity contribution in [1.82, 2.24) is 15.3 Å². The molecule has 0 spiro atoms. The molecule has 0 radical (unpaired) electrons. The second-order valence-electron chi connectivity index (χ2n) is 6.23. The molecule has 0 fully saturated rings. The van der Waals surface area contributed by atoms with Crippen LogP contribution in [-0.4, -0.2) is 36.8 Å². The Morgan fingerprint density at radius 2 is 1.79 bits per heavy atom. The van der Waals surface area contributed by atoms with Gasteiger partial charge in [-0.25, -0.2) is 26.3 Å². The fraction of sp³-hybridized carbons (Fsp3) is 0.615. The average Bonchev–Trinajstić information content (AvgIpc) is 3.02. The second-order valence-corrected chi connectivity index (χ2v) is 8.16. The van der Waals surface area contributed by atoms with E-state index in [-0.39, 0.29) is 4.68 Å². The predicted molar refractivity (Wildman–Crippen MR) is 79.0 cm³/mol. The molecule has 0 atom stereocenters. The molecule has 29 heavy (non-hydrogen) atoms. The summed E-state index contributed by atoms with van der Waals surface area (Å²) in [5.41, 5.74) is -5.37. The zero-order chi connectivity index (χ0) is 22.6. The largest absolute Gasteiger partial charge is 0.471 e. The number of hydroxylamine groups is 1. The molecule has 0 aliphatic carbocycles. The summed E-state index contributed by atoms with van der Waals surface area (Å²) in [7, 11) is -5.59. The van der Waals surface area contributed by atoms with Crippen molar-refractivity contribution in [2.75, 3.05) is 6.61 Å². The van der Waals surface area contributed by atoms with Gasteiger partial charge in [-0.1, -0.05) is 0 Å². The number of nitrogens with one attached hydrogen (secondary N) is 1. The molecule has 0 saturated carbocycles. The van der Waals surface area contributed by atoms with E-state index >= 15 is 0 Å². The molecule has 1 aliphatic rings. The third-order valence-corrected chi connectivity index (χ3v) is 5.31. The summed E-state index contributed by atoms with van der Waals surface area (Å²) >= 11 is 0. The molecule has 166 valence electrons. The summed E-state index contributed by atoms with van der Waals surface area (Å²) in [5, 5.41) is -4.58. The highest BCUT2D eigenvalue weighted by molar-refractivity contribution is 7.95. The number of halogens is 8. The summed E-state index contributed by atoms with van der Waals surface area (Å²) in [6.45, 7) is 0.280. The van der Waals surface area contributed by atoms with E-state index in [9.17, 15) is 43.5 Å². The van der Waals surface area contributed by atoms with Gasteiger partial charge in [-0.3, -0.25) is 10.3 Å². The van der Waals surface area contributed by atoms with Crippen LogP contribution >= 0.6 is 0 Å². The van der Waals surface area contributed by atoms with Crippen molar-refractivity contribution in [3.8, 4) is 5.88 Å². The van der Waals surface area contributed by atoms with Gasteiger partial charge in [0.15, 0.2) is 23.2 Å². The molecule has 1 aromatic heterocycles. The van der Waals surface area contributed by atoms with Gasteiger partial charge in [0.2, 0.25) is 5.88 Å². The normalized spacial score (nSPS) is 17.8. The SMILES string of the molecule is Cn1nc(C(F)(F)F)c(C(F)(F)S(=O)(=O)C2=C(F)C(C)(C)ON2)c1OCC(F)F. The van der Waals surface area contributed by atoms with Crippen LogP contribution in [0.15, 0.2) is 10.9 Å². The molecule has 7 nitrogen and oxygen atoms in total. The number of rotatable bonds is 6. The van der Waals surface area contributed by atoms with Crippen molar-refractivity contribution < 1.29 is 53.1 Å². The first-order chi connectivity index (χ1) is 12.9. The predicted octanol–water partition coefficient (Wildman–Crippen LogP) is 3.00. The van der Waals surface area contributed by atoms with Crippen molar-refractivity contribution in [3.05, 3.63) is 22.1 Å². The van der Waals surface area contributed by atoms with Crippen LogP contribution in [0, 0.1) is 0 Å². The Hall–Kier alpha value is -2.10. The maximum absolute atomic E-state index is 14.9. The highest BCUT2D eigenvalue weighted by Gasteiger charge is 2.60. The van der Waals surface area contributed by atoms with E-state index in [4.69, 9.17) is 0 Å². The first kappa shape index (κ1) is 23.2. The third kappa shape index (κ3) is 3.86. The molecule has 2 rings (SSSR count). The van der Waals surface area contributed by atoms with Gasteiger partial charge in [-0.15, -0.1) is 0 Å². The standard InChI is InChI=1S/C13H13F8N3O4S/c1-11(2)7(16)9(23-28-11)29(25,26)13(20,21)6-8(12(17,18)19)22-24(3)10(6)27-4-5(14)15/h5,23H,4H2,1-3H3. The molecule has 0 aromatic carbocycles. The molecule has 1 N–H and O–H groups in total. The van der Waals surface area contributed by atoms with Gasteiger partial charge in [-0.2, -0.15) is 27.1 Å². The van der Waals surface area contributed by atoms with Crippen LogP contribution < -0.4 is 10.2 Å². The molecule has 16 heteroatoms.